The highest BCUT2D eigenvalue weighted by Crippen LogP contribution is 2.20. The third-order valence-corrected chi connectivity index (χ3v) is 3.83. The van der Waals surface area contributed by atoms with Gasteiger partial charge in [0.1, 0.15) is 11.6 Å². The molecule has 0 saturated carbocycles. The van der Waals surface area contributed by atoms with Crippen LogP contribution in [-0.4, -0.2) is 31.1 Å². The highest BCUT2D eigenvalue weighted by atomic mass is 35.5. The number of halogens is 3. The number of benzene rings is 1. The van der Waals surface area contributed by atoms with Crippen molar-refractivity contribution in [1.29, 1.82) is 0 Å². The molecule has 0 amide bonds. The molecule has 2 rings (SSSR count). The monoisotopic (exact) mass is 304 g/mol. The first kappa shape index (κ1) is 17.3. The number of hydrogen-bond acceptors (Lipinski definition) is 2. The summed E-state index contributed by atoms with van der Waals surface area (Å²) in [5.41, 5.74) is 0.202. The van der Waals surface area contributed by atoms with Crippen LogP contribution in [0.3, 0.4) is 0 Å². The molecule has 1 heterocycles. The van der Waals surface area contributed by atoms with E-state index in [1.807, 2.05) is 0 Å². The van der Waals surface area contributed by atoms with Crippen molar-refractivity contribution in [1.82, 2.24) is 10.2 Å². The van der Waals surface area contributed by atoms with E-state index >= 15 is 0 Å². The van der Waals surface area contributed by atoms with Crippen LogP contribution >= 0.6 is 12.4 Å². The lowest BCUT2D eigenvalue weighted by Crippen LogP contribution is -2.37. The van der Waals surface area contributed by atoms with Gasteiger partial charge in [-0.1, -0.05) is 13.0 Å². The zero-order valence-electron chi connectivity index (χ0n) is 11.9. The quantitative estimate of drug-likeness (QED) is 0.898. The lowest BCUT2D eigenvalue weighted by atomic mass is 9.96. The molecule has 0 bridgehead atoms. The molecule has 2 nitrogen and oxygen atoms in total. The van der Waals surface area contributed by atoms with Crippen molar-refractivity contribution < 1.29 is 8.78 Å². The fraction of sp³-hybridized carbons (Fsp3) is 0.600. The summed E-state index contributed by atoms with van der Waals surface area (Å²) in [4.78, 5) is 2.14. The summed E-state index contributed by atoms with van der Waals surface area (Å²) in [5.74, 6) is -0.175. The molecule has 114 valence electrons. The Morgan fingerprint density at radius 2 is 1.80 bits per heavy atom. The second-order valence-corrected chi connectivity index (χ2v) is 5.23. The van der Waals surface area contributed by atoms with Gasteiger partial charge >= 0.3 is 0 Å². The van der Waals surface area contributed by atoms with Crippen molar-refractivity contribution >= 4 is 12.4 Å². The Kier molecular flexibility index (Phi) is 7.41. The zero-order chi connectivity index (χ0) is 13.7. The molecule has 0 spiro atoms. The van der Waals surface area contributed by atoms with Crippen LogP contribution in [0.4, 0.5) is 8.78 Å². The molecule has 1 aliphatic rings. The Hall–Kier alpha value is -0.710. The molecule has 1 aromatic rings. The van der Waals surface area contributed by atoms with Crippen molar-refractivity contribution in [3.8, 4) is 0 Å². The van der Waals surface area contributed by atoms with E-state index in [1.165, 1.54) is 18.2 Å². The normalized spacial score (nSPS) is 16.9. The maximum atomic E-state index is 13.6. The maximum absolute atomic E-state index is 13.6. The predicted octanol–water partition coefficient (Wildman–Crippen LogP) is 3.21. The van der Waals surface area contributed by atoms with Gasteiger partial charge in [0, 0.05) is 12.1 Å². The summed E-state index contributed by atoms with van der Waals surface area (Å²) in [7, 11) is 0. The molecule has 5 heteroatoms. The predicted molar refractivity (Wildman–Crippen MR) is 80.2 cm³/mol. The lowest BCUT2D eigenvalue weighted by molar-refractivity contribution is 0.172. The average molecular weight is 305 g/mol. The molecule has 20 heavy (non-hydrogen) atoms. The summed E-state index contributed by atoms with van der Waals surface area (Å²) < 4.78 is 27.1. The van der Waals surface area contributed by atoms with Crippen molar-refractivity contribution in [2.24, 2.45) is 5.92 Å². The Bertz CT molecular complexity index is 387. The third-order valence-electron chi connectivity index (χ3n) is 3.83. The van der Waals surface area contributed by atoms with Crippen molar-refractivity contribution in [2.45, 2.75) is 26.3 Å². The van der Waals surface area contributed by atoms with Crippen LogP contribution in [0.5, 0.6) is 0 Å². The van der Waals surface area contributed by atoms with E-state index in [0.29, 0.717) is 12.5 Å². The number of nitrogens with zero attached hydrogens (tertiary/aromatic N) is 1. The van der Waals surface area contributed by atoms with Gasteiger partial charge in [-0.2, -0.15) is 0 Å². The molecule has 0 radical (unpaired) electrons. The summed E-state index contributed by atoms with van der Waals surface area (Å²) in [5, 5.41) is 3.36. The van der Waals surface area contributed by atoms with Gasteiger partial charge in [-0.05, 0) is 57.1 Å². The second-order valence-electron chi connectivity index (χ2n) is 5.23. The zero-order valence-corrected chi connectivity index (χ0v) is 12.7. The van der Waals surface area contributed by atoms with Crippen LogP contribution in [0.2, 0.25) is 0 Å². The van der Waals surface area contributed by atoms with Gasteiger partial charge < -0.3 is 5.32 Å². The number of piperidine rings is 1. The van der Waals surface area contributed by atoms with Gasteiger partial charge in [0.15, 0.2) is 0 Å². The van der Waals surface area contributed by atoms with E-state index in [1.54, 1.807) is 0 Å². The largest absolute Gasteiger partial charge is 0.317 e. The number of nitrogens with one attached hydrogen (secondary N) is 1. The molecular formula is C15H23ClF2N2. The average Bonchev–Trinajstić information content (AvgIpc) is 2.42. The standard InChI is InChI=1S/C15H22F2N2.ClH/c1-2-18-10-12-6-8-19(9-7-12)11-13-14(16)4-3-5-15(13)17;/h3-5,12,18H,2,6-11H2,1H3;1H. The Morgan fingerprint density at radius 3 is 2.35 bits per heavy atom. The first-order chi connectivity index (χ1) is 9.20. The van der Waals surface area contributed by atoms with E-state index in [-0.39, 0.29) is 18.0 Å². The first-order valence-electron chi connectivity index (χ1n) is 7.06. The fourth-order valence-corrected chi connectivity index (χ4v) is 2.60. The van der Waals surface area contributed by atoms with Gasteiger partial charge in [0.05, 0.1) is 0 Å². The minimum absolute atomic E-state index is 0. The molecule has 1 aliphatic heterocycles. The molecule has 0 aliphatic carbocycles. The Labute approximate surface area is 126 Å². The SMILES string of the molecule is CCNCC1CCN(Cc2c(F)cccc2F)CC1.Cl. The van der Waals surface area contributed by atoms with E-state index in [2.05, 4.69) is 17.1 Å². The minimum atomic E-state index is -0.435. The van der Waals surface area contributed by atoms with Gasteiger partial charge in [-0.15, -0.1) is 12.4 Å². The van der Waals surface area contributed by atoms with Crippen LogP contribution in [0.25, 0.3) is 0 Å². The summed E-state index contributed by atoms with van der Waals surface area (Å²) >= 11 is 0. The minimum Gasteiger partial charge on any atom is -0.317 e. The number of rotatable bonds is 5. The molecular weight excluding hydrogens is 282 g/mol. The highest BCUT2D eigenvalue weighted by molar-refractivity contribution is 5.85. The van der Waals surface area contributed by atoms with Gasteiger partial charge in [0.2, 0.25) is 0 Å². The van der Waals surface area contributed by atoms with Crippen molar-refractivity contribution in [3.05, 3.63) is 35.4 Å². The van der Waals surface area contributed by atoms with E-state index in [0.717, 1.165) is 39.0 Å². The van der Waals surface area contributed by atoms with Crippen LogP contribution < -0.4 is 5.32 Å². The van der Waals surface area contributed by atoms with Crippen LogP contribution in [0, 0.1) is 17.6 Å². The number of likely N-dealkylation sites (tertiary alicyclic amines) is 1. The molecule has 1 fully saturated rings. The van der Waals surface area contributed by atoms with Gasteiger partial charge in [0.25, 0.3) is 0 Å². The summed E-state index contributed by atoms with van der Waals surface area (Å²) in [6, 6.07) is 4.07. The number of hydrogen-bond donors (Lipinski definition) is 1. The third kappa shape index (κ3) is 4.69. The first-order valence-corrected chi connectivity index (χ1v) is 7.06. The van der Waals surface area contributed by atoms with E-state index in [9.17, 15) is 8.78 Å². The van der Waals surface area contributed by atoms with Crippen LogP contribution in [-0.2, 0) is 6.54 Å². The Morgan fingerprint density at radius 1 is 1.20 bits per heavy atom. The smallest absolute Gasteiger partial charge is 0.130 e. The molecule has 1 aromatic carbocycles. The summed E-state index contributed by atoms with van der Waals surface area (Å²) in [6.07, 6.45) is 2.20. The maximum Gasteiger partial charge on any atom is 0.130 e. The molecule has 0 atom stereocenters. The van der Waals surface area contributed by atoms with E-state index in [4.69, 9.17) is 0 Å². The molecule has 0 aromatic heterocycles. The highest BCUT2D eigenvalue weighted by Gasteiger charge is 2.20. The Balaban J connectivity index is 0.00000200. The van der Waals surface area contributed by atoms with E-state index < -0.39 is 11.6 Å². The molecule has 1 N–H and O–H groups in total. The van der Waals surface area contributed by atoms with Crippen molar-refractivity contribution in [2.75, 3.05) is 26.2 Å². The van der Waals surface area contributed by atoms with Crippen LogP contribution in [0.1, 0.15) is 25.3 Å². The second kappa shape index (κ2) is 8.55. The van der Waals surface area contributed by atoms with Crippen LogP contribution in [0.15, 0.2) is 18.2 Å². The topological polar surface area (TPSA) is 15.3 Å². The van der Waals surface area contributed by atoms with Crippen molar-refractivity contribution in [3.63, 3.8) is 0 Å². The molecule has 0 unspecified atom stereocenters. The fourth-order valence-electron chi connectivity index (χ4n) is 2.60. The van der Waals surface area contributed by atoms with Gasteiger partial charge in [-0.25, -0.2) is 8.78 Å². The van der Waals surface area contributed by atoms with Gasteiger partial charge in [-0.3, -0.25) is 4.90 Å². The summed E-state index contributed by atoms with van der Waals surface area (Å²) in [6.45, 7) is 6.38. The molecule has 1 saturated heterocycles. The lowest BCUT2D eigenvalue weighted by Gasteiger charge is -2.32.